The highest BCUT2D eigenvalue weighted by Gasteiger charge is 2.08. The quantitative estimate of drug-likeness (QED) is 0.926. The molecule has 0 aliphatic carbocycles. The molecule has 0 aliphatic rings. The molecule has 0 saturated heterocycles. The van der Waals surface area contributed by atoms with Crippen molar-refractivity contribution in [2.75, 3.05) is 12.0 Å². The monoisotopic (exact) mass is 342 g/mol. The summed E-state index contributed by atoms with van der Waals surface area (Å²) in [4.78, 5) is 4.26. The Labute approximate surface area is 119 Å². The van der Waals surface area contributed by atoms with Crippen molar-refractivity contribution < 1.29 is 13.2 Å². The Kier molecular flexibility index (Phi) is 3.77. The van der Waals surface area contributed by atoms with Gasteiger partial charge in [-0.25, -0.2) is 13.4 Å². The van der Waals surface area contributed by atoms with Gasteiger partial charge in [-0.05, 0) is 46.3 Å². The lowest BCUT2D eigenvalue weighted by molar-refractivity contribution is 0.465. The van der Waals surface area contributed by atoms with E-state index < -0.39 is 9.84 Å². The zero-order chi connectivity index (χ0) is 14.0. The number of hydrogen-bond acceptors (Lipinski definition) is 5. The average Bonchev–Trinajstić information content (AvgIpc) is 2.32. The fourth-order valence-electron chi connectivity index (χ4n) is 1.39. The molecule has 2 rings (SSSR count). The highest BCUT2D eigenvalue weighted by Crippen LogP contribution is 2.27. The number of hydrogen-bond donors (Lipinski definition) is 1. The summed E-state index contributed by atoms with van der Waals surface area (Å²) in [5.41, 5.74) is 6.15. The minimum absolute atomic E-state index is 0.233. The lowest BCUT2D eigenvalue weighted by atomic mass is 10.3. The van der Waals surface area contributed by atoms with Gasteiger partial charge in [0.1, 0.15) is 5.75 Å². The number of nitrogens with zero attached hydrogens (tertiary/aromatic N) is 1. The second-order valence-corrected chi connectivity index (χ2v) is 6.82. The van der Waals surface area contributed by atoms with Crippen LogP contribution in [0.1, 0.15) is 0 Å². The third-order valence-corrected chi connectivity index (χ3v) is 3.87. The van der Waals surface area contributed by atoms with Gasteiger partial charge in [-0.3, -0.25) is 0 Å². The van der Waals surface area contributed by atoms with E-state index in [1.165, 1.54) is 12.1 Å². The molecule has 0 spiro atoms. The van der Waals surface area contributed by atoms with Crippen LogP contribution in [0.25, 0.3) is 0 Å². The molecule has 0 saturated carbocycles. The van der Waals surface area contributed by atoms with E-state index >= 15 is 0 Å². The van der Waals surface area contributed by atoms with Gasteiger partial charge in [0.25, 0.3) is 0 Å². The normalized spacial score (nSPS) is 11.3. The third-order valence-electron chi connectivity index (χ3n) is 2.31. The molecule has 19 heavy (non-hydrogen) atoms. The lowest BCUT2D eigenvalue weighted by Crippen LogP contribution is -1.97. The summed E-state index contributed by atoms with van der Waals surface area (Å²) in [6, 6.07) is 7.73. The molecule has 7 heteroatoms. The summed E-state index contributed by atoms with van der Waals surface area (Å²) in [7, 11) is -3.21. The van der Waals surface area contributed by atoms with Gasteiger partial charge in [0.2, 0.25) is 5.88 Å². The summed E-state index contributed by atoms with van der Waals surface area (Å²) in [6.07, 6.45) is 2.72. The predicted octanol–water partition coefficient (Wildman–Crippen LogP) is 2.62. The van der Waals surface area contributed by atoms with Crippen LogP contribution in [0.2, 0.25) is 0 Å². The molecule has 0 unspecified atom stereocenters. The molecule has 0 aliphatic heterocycles. The van der Waals surface area contributed by atoms with E-state index in [1.807, 2.05) is 0 Å². The van der Waals surface area contributed by atoms with Crippen molar-refractivity contribution in [1.82, 2.24) is 4.98 Å². The van der Waals surface area contributed by atoms with Crippen LogP contribution in [0.15, 0.2) is 45.9 Å². The minimum atomic E-state index is -3.21. The van der Waals surface area contributed by atoms with Crippen LogP contribution in [0.3, 0.4) is 0 Å². The standard InChI is InChI=1S/C12H11BrN2O3S/c1-19(16,17)10-4-2-9(3-5-10)18-12-11(14)6-8(13)7-15-12/h2-7H,14H2,1H3. The maximum atomic E-state index is 11.3. The Balaban J connectivity index is 2.25. The van der Waals surface area contributed by atoms with Gasteiger partial charge in [-0.1, -0.05) is 0 Å². The van der Waals surface area contributed by atoms with Crippen molar-refractivity contribution in [3.63, 3.8) is 0 Å². The van der Waals surface area contributed by atoms with E-state index in [1.54, 1.807) is 24.4 Å². The first-order valence-corrected chi connectivity index (χ1v) is 7.94. The molecule has 5 nitrogen and oxygen atoms in total. The van der Waals surface area contributed by atoms with Gasteiger partial charge in [0.15, 0.2) is 9.84 Å². The number of rotatable bonds is 3. The number of benzene rings is 1. The van der Waals surface area contributed by atoms with E-state index in [9.17, 15) is 8.42 Å². The molecular weight excluding hydrogens is 332 g/mol. The summed E-state index contributed by atoms with van der Waals surface area (Å²) in [6.45, 7) is 0. The van der Waals surface area contributed by atoms with Gasteiger partial charge in [0, 0.05) is 16.9 Å². The van der Waals surface area contributed by atoms with E-state index in [0.717, 1.165) is 10.7 Å². The zero-order valence-corrected chi connectivity index (χ0v) is 12.4. The van der Waals surface area contributed by atoms with Gasteiger partial charge < -0.3 is 10.5 Å². The highest BCUT2D eigenvalue weighted by molar-refractivity contribution is 9.10. The van der Waals surface area contributed by atoms with E-state index in [-0.39, 0.29) is 10.8 Å². The third kappa shape index (κ3) is 3.45. The van der Waals surface area contributed by atoms with Crippen LogP contribution in [0, 0.1) is 0 Å². The molecular formula is C12H11BrN2O3S. The van der Waals surface area contributed by atoms with Gasteiger partial charge >= 0.3 is 0 Å². The van der Waals surface area contributed by atoms with Crippen molar-refractivity contribution in [2.24, 2.45) is 0 Å². The minimum Gasteiger partial charge on any atom is -0.437 e. The number of anilines is 1. The van der Waals surface area contributed by atoms with Crippen LogP contribution in [-0.2, 0) is 9.84 Å². The van der Waals surface area contributed by atoms with Crippen LogP contribution < -0.4 is 10.5 Å². The fourth-order valence-corrected chi connectivity index (χ4v) is 2.37. The Hall–Kier alpha value is -1.60. The summed E-state index contributed by atoms with van der Waals surface area (Å²) >= 11 is 3.25. The molecule has 100 valence electrons. The number of halogens is 1. The lowest BCUT2D eigenvalue weighted by Gasteiger charge is -2.07. The molecule has 0 bridgehead atoms. The molecule has 2 aromatic rings. The number of sulfone groups is 1. The molecule has 0 amide bonds. The van der Waals surface area contributed by atoms with E-state index in [0.29, 0.717) is 11.4 Å². The molecule has 0 atom stereocenters. The van der Waals surface area contributed by atoms with Crippen LogP contribution >= 0.6 is 15.9 Å². The van der Waals surface area contributed by atoms with Gasteiger partial charge in [0.05, 0.1) is 10.6 Å². The van der Waals surface area contributed by atoms with Crippen LogP contribution in [-0.4, -0.2) is 19.7 Å². The molecule has 0 radical (unpaired) electrons. The van der Waals surface area contributed by atoms with Crippen molar-refractivity contribution >= 4 is 31.5 Å². The number of ether oxygens (including phenoxy) is 1. The van der Waals surface area contributed by atoms with Crippen molar-refractivity contribution in [2.45, 2.75) is 4.90 Å². The zero-order valence-electron chi connectivity index (χ0n) is 10.00. The summed E-state index contributed by atoms with van der Waals surface area (Å²) in [5.74, 6) is 0.740. The first-order valence-electron chi connectivity index (χ1n) is 5.25. The Morgan fingerprint density at radius 3 is 2.42 bits per heavy atom. The van der Waals surface area contributed by atoms with Crippen molar-refractivity contribution in [1.29, 1.82) is 0 Å². The molecule has 2 N–H and O–H groups in total. The SMILES string of the molecule is CS(=O)(=O)c1ccc(Oc2ncc(Br)cc2N)cc1. The van der Waals surface area contributed by atoms with E-state index in [2.05, 4.69) is 20.9 Å². The molecule has 1 aromatic heterocycles. The summed E-state index contributed by atoms with van der Waals surface area (Å²) < 4.78 is 28.9. The fraction of sp³-hybridized carbons (Fsp3) is 0.0833. The topological polar surface area (TPSA) is 82.3 Å². The van der Waals surface area contributed by atoms with Crippen LogP contribution in [0.5, 0.6) is 11.6 Å². The Morgan fingerprint density at radius 2 is 1.89 bits per heavy atom. The van der Waals surface area contributed by atoms with Crippen molar-refractivity contribution in [3.05, 3.63) is 41.0 Å². The molecule has 1 heterocycles. The average molecular weight is 343 g/mol. The van der Waals surface area contributed by atoms with E-state index in [4.69, 9.17) is 10.5 Å². The first kappa shape index (κ1) is 13.8. The number of aromatic nitrogens is 1. The maximum Gasteiger partial charge on any atom is 0.242 e. The Morgan fingerprint density at radius 1 is 1.26 bits per heavy atom. The van der Waals surface area contributed by atoms with Crippen LogP contribution in [0.4, 0.5) is 5.69 Å². The first-order chi connectivity index (χ1) is 8.86. The largest absolute Gasteiger partial charge is 0.437 e. The number of nitrogens with two attached hydrogens (primary N) is 1. The highest BCUT2D eigenvalue weighted by atomic mass is 79.9. The second kappa shape index (κ2) is 5.18. The Bertz CT molecular complexity index is 699. The van der Waals surface area contributed by atoms with Gasteiger partial charge in [-0.15, -0.1) is 0 Å². The van der Waals surface area contributed by atoms with Gasteiger partial charge in [-0.2, -0.15) is 0 Å². The second-order valence-electron chi connectivity index (χ2n) is 3.89. The molecule has 1 aromatic carbocycles. The number of nitrogen functional groups attached to an aromatic ring is 1. The smallest absolute Gasteiger partial charge is 0.242 e. The van der Waals surface area contributed by atoms with Crippen molar-refractivity contribution in [3.8, 4) is 11.6 Å². The summed E-state index contributed by atoms with van der Waals surface area (Å²) in [5, 5.41) is 0. The number of pyridine rings is 1. The molecule has 0 fully saturated rings. The maximum absolute atomic E-state index is 11.3. The predicted molar refractivity (Wildman–Crippen MR) is 76.0 cm³/mol.